The van der Waals surface area contributed by atoms with Crippen molar-refractivity contribution in [3.8, 4) is 0 Å². The number of carbonyl (C=O) groups is 1. The second kappa shape index (κ2) is 10.2. The van der Waals surface area contributed by atoms with Crippen molar-refractivity contribution < 1.29 is 9.32 Å². The molecule has 1 atom stereocenters. The number of nitrogens with zero attached hydrogens (tertiary/aromatic N) is 2. The smallest absolute Gasteiger partial charge is 0.254 e. The van der Waals surface area contributed by atoms with Crippen LogP contribution in [0.25, 0.3) is 0 Å². The minimum atomic E-state index is -0.0603. The van der Waals surface area contributed by atoms with Crippen molar-refractivity contribution in [2.75, 3.05) is 0 Å². The Bertz CT molecular complexity index is 672. The molecule has 1 unspecified atom stereocenters. The summed E-state index contributed by atoms with van der Waals surface area (Å²) in [5.41, 5.74) is 1.47. The normalized spacial score (nSPS) is 12.1. The van der Waals surface area contributed by atoms with Gasteiger partial charge in [-0.2, -0.15) is 0 Å². The summed E-state index contributed by atoms with van der Waals surface area (Å²) in [7, 11) is 0. The van der Waals surface area contributed by atoms with Gasteiger partial charge in [0.2, 0.25) is 0 Å². The molecule has 5 nitrogen and oxygen atoms in total. The predicted molar refractivity (Wildman–Crippen MR) is 101 cm³/mol. The Labute approximate surface area is 154 Å². The number of aryl methyl sites for hydroxylation is 1. The van der Waals surface area contributed by atoms with Gasteiger partial charge in [-0.05, 0) is 32.4 Å². The van der Waals surface area contributed by atoms with Gasteiger partial charge in [0.1, 0.15) is 10.8 Å². The van der Waals surface area contributed by atoms with E-state index in [0.717, 1.165) is 29.3 Å². The molecule has 136 valence electrons. The van der Waals surface area contributed by atoms with Gasteiger partial charge in [0, 0.05) is 24.1 Å². The summed E-state index contributed by atoms with van der Waals surface area (Å²) < 4.78 is 5.08. The average Bonchev–Trinajstić information content (AvgIpc) is 3.02. The summed E-state index contributed by atoms with van der Waals surface area (Å²) in [6.07, 6.45) is 7.57. The number of rotatable bonds is 10. The lowest BCUT2D eigenvalue weighted by atomic mass is 10.1. The van der Waals surface area contributed by atoms with Gasteiger partial charge in [-0.3, -0.25) is 4.79 Å². The summed E-state index contributed by atoms with van der Waals surface area (Å²) in [6.45, 7) is 6.13. The van der Waals surface area contributed by atoms with Crippen LogP contribution in [-0.2, 0) is 5.75 Å². The average molecular weight is 362 g/mol. The van der Waals surface area contributed by atoms with Crippen molar-refractivity contribution >= 4 is 17.7 Å². The maximum absolute atomic E-state index is 12.6. The van der Waals surface area contributed by atoms with Crippen LogP contribution < -0.4 is 5.32 Å². The number of amides is 1. The lowest BCUT2D eigenvalue weighted by Crippen LogP contribution is -2.32. The molecule has 2 heterocycles. The number of pyridine rings is 1. The lowest BCUT2D eigenvalue weighted by molar-refractivity contribution is 0.0934. The van der Waals surface area contributed by atoms with E-state index in [4.69, 9.17) is 4.52 Å². The topological polar surface area (TPSA) is 68.0 Å². The maximum Gasteiger partial charge on any atom is 0.254 e. The first-order valence-electron chi connectivity index (χ1n) is 8.91. The summed E-state index contributed by atoms with van der Waals surface area (Å²) in [5, 5.41) is 7.79. The molecule has 0 aliphatic rings. The Kier molecular flexibility index (Phi) is 7.98. The van der Waals surface area contributed by atoms with Crippen molar-refractivity contribution in [1.82, 2.24) is 15.5 Å². The molecule has 0 saturated carbocycles. The van der Waals surface area contributed by atoms with Crippen molar-refractivity contribution in [1.29, 1.82) is 0 Å². The van der Waals surface area contributed by atoms with Crippen molar-refractivity contribution in [3.05, 3.63) is 41.4 Å². The Morgan fingerprint density at radius 2 is 2.20 bits per heavy atom. The maximum atomic E-state index is 12.6. The molecule has 25 heavy (non-hydrogen) atoms. The monoisotopic (exact) mass is 361 g/mol. The van der Waals surface area contributed by atoms with E-state index in [1.54, 1.807) is 12.3 Å². The van der Waals surface area contributed by atoms with Gasteiger partial charge >= 0.3 is 0 Å². The minimum Gasteiger partial charge on any atom is -0.361 e. The molecule has 0 fully saturated rings. The molecular formula is C19H27N3O2S. The van der Waals surface area contributed by atoms with E-state index in [1.807, 2.05) is 19.1 Å². The number of hydrogen-bond donors (Lipinski definition) is 1. The molecule has 2 aromatic rings. The molecule has 0 aromatic carbocycles. The third-order valence-electron chi connectivity index (χ3n) is 3.92. The van der Waals surface area contributed by atoms with Gasteiger partial charge in [0.25, 0.3) is 5.91 Å². The summed E-state index contributed by atoms with van der Waals surface area (Å²) in [4.78, 5) is 16.9. The van der Waals surface area contributed by atoms with Crippen LogP contribution in [-0.4, -0.2) is 22.1 Å². The van der Waals surface area contributed by atoms with E-state index in [0.29, 0.717) is 11.3 Å². The molecule has 0 aliphatic heterocycles. The zero-order valence-corrected chi connectivity index (χ0v) is 16.1. The second-order valence-corrected chi connectivity index (χ2v) is 7.26. The van der Waals surface area contributed by atoms with E-state index < -0.39 is 0 Å². The molecule has 1 N–H and O–H groups in total. The van der Waals surface area contributed by atoms with Gasteiger partial charge in [0.05, 0.1) is 11.3 Å². The molecule has 6 heteroatoms. The zero-order chi connectivity index (χ0) is 18.1. The summed E-state index contributed by atoms with van der Waals surface area (Å²) in [6, 6.07) is 5.68. The summed E-state index contributed by atoms with van der Waals surface area (Å²) >= 11 is 1.50. The van der Waals surface area contributed by atoms with E-state index in [-0.39, 0.29) is 11.9 Å². The number of aromatic nitrogens is 2. The van der Waals surface area contributed by atoms with Crippen LogP contribution in [0.5, 0.6) is 0 Å². The van der Waals surface area contributed by atoms with E-state index in [2.05, 4.69) is 29.3 Å². The fourth-order valence-electron chi connectivity index (χ4n) is 2.56. The molecule has 1 amide bonds. The number of carbonyl (C=O) groups excluding carboxylic acids is 1. The van der Waals surface area contributed by atoms with Crippen LogP contribution in [0.2, 0.25) is 0 Å². The summed E-state index contributed by atoms with van der Waals surface area (Å²) in [5.74, 6) is 1.35. The van der Waals surface area contributed by atoms with Gasteiger partial charge < -0.3 is 9.84 Å². The first-order chi connectivity index (χ1) is 12.1. The first-order valence-corrected chi connectivity index (χ1v) is 9.89. The van der Waals surface area contributed by atoms with Crippen LogP contribution in [0.15, 0.2) is 33.9 Å². The highest BCUT2D eigenvalue weighted by molar-refractivity contribution is 7.98. The van der Waals surface area contributed by atoms with E-state index in [1.165, 1.54) is 31.0 Å². The standard InChI is InChI=1S/C19H27N3O2S/c1-4-5-6-7-9-14(2)21-18(23)17-10-8-11-20-19(17)25-13-16-12-15(3)24-22-16/h8,10-12,14H,4-7,9,13H2,1-3H3,(H,21,23). The minimum absolute atomic E-state index is 0.0603. The van der Waals surface area contributed by atoms with Gasteiger partial charge in [-0.15, -0.1) is 0 Å². The fourth-order valence-corrected chi connectivity index (χ4v) is 3.43. The lowest BCUT2D eigenvalue weighted by Gasteiger charge is -2.15. The molecule has 0 radical (unpaired) electrons. The van der Waals surface area contributed by atoms with Crippen LogP contribution in [0, 0.1) is 6.92 Å². The molecular weight excluding hydrogens is 334 g/mol. The molecule has 0 spiro atoms. The Hall–Kier alpha value is -1.82. The number of thioether (sulfide) groups is 1. The Morgan fingerprint density at radius 3 is 2.92 bits per heavy atom. The molecule has 2 rings (SSSR count). The number of hydrogen-bond acceptors (Lipinski definition) is 5. The van der Waals surface area contributed by atoms with Crippen LogP contribution in [0.4, 0.5) is 0 Å². The van der Waals surface area contributed by atoms with Gasteiger partial charge in [-0.1, -0.05) is 49.5 Å². The van der Waals surface area contributed by atoms with Gasteiger partial charge in [-0.25, -0.2) is 4.98 Å². The molecule has 0 aliphatic carbocycles. The van der Waals surface area contributed by atoms with Crippen LogP contribution >= 0.6 is 11.8 Å². The highest BCUT2D eigenvalue weighted by atomic mass is 32.2. The predicted octanol–water partition coefficient (Wildman–Crippen LogP) is 4.76. The Balaban J connectivity index is 1.90. The molecule has 0 saturated heterocycles. The van der Waals surface area contributed by atoms with Crippen LogP contribution in [0.3, 0.4) is 0 Å². The highest BCUT2D eigenvalue weighted by Crippen LogP contribution is 2.24. The van der Waals surface area contributed by atoms with E-state index >= 15 is 0 Å². The second-order valence-electron chi connectivity index (χ2n) is 6.30. The quantitative estimate of drug-likeness (QED) is 0.488. The number of unbranched alkanes of at least 4 members (excludes halogenated alkanes) is 3. The molecule has 2 aromatic heterocycles. The van der Waals surface area contributed by atoms with Crippen molar-refractivity contribution in [3.63, 3.8) is 0 Å². The largest absolute Gasteiger partial charge is 0.361 e. The van der Waals surface area contributed by atoms with Crippen LogP contribution in [0.1, 0.15) is 67.8 Å². The number of nitrogens with one attached hydrogen (secondary N) is 1. The van der Waals surface area contributed by atoms with Crippen molar-refractivity contribution in [2.24, 2.45) is 0 Å². The Morgan fingerprint density at radius 1 is 1.36 bits per heavy atom. The third kappa shape index (κ3) is 6.53. The van der Waals surface area contributed by atoms with E-state index in [9.17, 15) is 4.79 Å². The first kappa shape index (κ1) is 19.5. The fraction of sp³-hybridized carbons (Fsp3) is 0.526. The SMILES string of the molecule is CCCCCCC(C)NC(=O)c1cccnc1SCc1cc(C)on1. The third-order valence-corrected chi connectivity index (χ3v) is 4.96. The molecule has 0 bridgehead atoms. The van der Waals surface area contributed by atoms with Gasteiger partial charge in [0.15, 0.2) is 0 Å². The van der Waals surface area contributed by atoms with Crippen molar-refractivity contribution in [2.45, 2.75) is 69.7 Å². The zero-order valence-electron chi connectivity index (χ0n) is 15.2. The highest BCUT2D eigenvalue weighted by Gasteiger charge is 2.15.